The van der Waals surface area contributed by atoms with Crippen molar-refractivity contribution in [1.29, 1.82) is 0 Å². The van der Waals surface area contributed by atoms with E-state index in [9.17, 15) is 10.0 Å². The van der Waals surface area contributed by atoms with Crippen LogP contribution >= 0.6 is 0 Å². The monoisotopic (exact) mass is 259 g/mol. The standard InChI is InChI=1S/C13H27N2O3/c1-4-5-6-7-8-9-10-15(17)14-13(11-18-3)12(2)16/h9-10,12-13,16H,4-8,11H2,1-3H3,(H,14,17)/q+1/b10-9+/t12-,13-/m0/s1. The molecule has 0 amide bonds. The number of nitroso groups, excluding NO2 is 1. The van der Waals surface area contributed by atoms with Gasteiger partial charge in [0.1, 0.15) is 10.9 Å². The van der Waals surface area contributed by atoms with Crippen molar-refractivity contribution in [1.82, 2.24) is 5.43 Å². The molecule has 0 heterocycles. The molecule has 0 rings (SSSR count). The van der Waals surface area contributed by atoms with Gasteiger partial charge in [-0.05, 0) is 25.8 Å². The maximum absolute atomic E-state index is 11.5. The van der Waals surface area contributed by atoms with E-state index in [-0.39, 0.29) is 0 Å². The van der Waals surface area contributed by atoms with E-state index in [1.165, 1.54) is 32.6 Å². The lowest BCUT2D eigenvalue weighted by molar-refractivity contribution is -0.553. The van der Waals surface area contributed by atoms with E-state index in [1.54, 1.807) is 6.92 Å². The number of hydrogen-bond acceptors (Lipinski definition) is 3. The highest BCUT2D eigenvalue weighted by molar-refractivity contribution is 4.73. The summed E-state index contributed by atoms with van der Waals surface area (Å²) in [5.74, 6) is 0. The lowest BCUT2D eigenvalue weighted by Crippen LogP contribution is -2.44. The minimum absolute atomic E-state index is 0.292. The fraction of sp³-hybridized carbons (Fsp3) is 0.846. The van der Waals surface area contributed by atoms with Gasteiger partial charge in [0.15, 0.2) is 0 Å². The van der Waals surface area contributed by atoms with Gasteiger partial charge >= 0.3 is 0 Å². The summed E-state index contributed by atoms with van der Waals surface area (Å²) in [6, 6.07) is -0.391. The SMILES string of the molecule is CCCCCC/C=C/[N+](=O)N[C@@H](COC)[C@H](C)O. The summed E-state index contributed by atoms with van der Waals surface area (Å²) < 4.78 is 4.92. The predicted molar refractivity (Wildman–Crippen MR) is 72.0 cm³/mol. The van der Waals surface area contributed by atoms with E-state index in [0.717, 1.165) is 12.8 Å². The molecule has 106 valence electrons. The smallest absolute Gasteiger partial charge is 0.253 e. The first-order chi connectivity index (χ1) is 8.61. The second kappa shape index (κ2) is 11.2. The Morgan fingerprint density at radius 2 is 2.11 bits per heavy atom. The number of aliphatic hydroxyl groups is 1. The second-order valence-corrected chi connectivity index (χ2v) is 4.49. The molecule has 5 nitrogen and oxygen atoms in total. The van der Waals surface area contributed by atoms with Crippen LogP contribution in [0.5, 0.6) is 0 Å². The molecule has 0 aliphatic rings. The number of methoxy groups -OCH3 is 1. The molecule has 0 aliphatic carbocycles. The van der Waals surface area contributed by atoms with E-state index >= 15 is 0 Å². The third kappa shape index (κ3) is 9.13. The van der Waals surface area contributed by atoms with Crippen molar-refractivity contribution in [2.24, 2.45) is 0 Å². The summed E-state index contributed by atoms with van der Waals surface area (Å²) in [4.78, 5) is 12.1. The first kappa shape index (κ1) is 17.1. The summed E-state index contributed by atoms with van der Waals surface area (Å²) in [5, 5.41) is 9.43. The van der Waals surface area contributed by atoms with E-state index < -0.39 is 12.1 Å². The zero-order valence-electron chi connectivity index (χ0n) is 11.8. The van der Waals surface area contributed by atoms with Gasteiger partial charge in [0, 0.05) is 7.11 Å². The Morgan fingerprint density at radius 3 is 2.67 bits per heavy atom. The molecule has 2 N–H and O–H groups in total. The molecule has 0 aliphatic heterocycles. The van der Waals surface area contributed by atoms with Crippen LogP contribution in [0.2, 0.25) is 0 Å². The van der Waals surface area contributed by atoms with Crippen molar-refractivity contribution < 1.29 is 14.7 Å². The molecule has 0 spiro atoms. The van der Waals surface area contributed by atoms with Crippen LogP contribution in [-0.2, 0) is 4.74 Å². The number of aliphatic hydroxyl groups excluding tert-OH is 1. The minimum atomic E-state index is -0.639. The van der Waals surface area contributed by atoms with Gasteiger partial charge in [0.25, 0.3) is 6.20 Å². The molecule has 0 aromatic rings. The Bertz CT molecular complexity index is 242. The number of hydrazine groups is 1. The van der Waals surface area contributed by atoms with Crippen LogP contribution in [0.3, 0.4) is 0 Å². The number of allylic oxidation sites excluding steroid dienone is 1. The first-order valence-electron chi connectivity index (χ1n) is 6.68. The molecule has 0 aromatic carbocycles. The molecule has 18 heavy (non-hydrogen) atoms. The lowest BCUT2D eigenvalue weighted by Gasteiger charge is -2.14. The number of unbranched alkanes of at least 4 members (excludes halogenated alkanes) is 4. The highest BCUT2D eigenvalue weighted by Crippen LogP contribution is 2.02. The van der Waals surface area contributed by atoms with Crippen molar-refractivity contribution in [3.63, 3.8) is 0 Å². The van der Waals surface area contributed by atoms with Crippen molar-refractivity contribution in [2.45, 2.75) is 58.1 Å². The van der Waals surface area contributed by atoms with Crippen LogP contribution in [0.1, 0.15) is 46.0 Å². The number of hydrogen-bond donors (Lipinski definition) is 2. The molecule has 0 saturated carbocycles. The molecular weight excluding hydrogens is 232 g/mol. The Labute approximate surface area is 110 Å². The summed E-state index contributed by atoms with van der Waals surface area (Å²) in [7, 11) is 1.54. The van der Waals surface area contributed by atoms with Gasteiger partial charge in [-0.25, -0.2) is 0 Å². The number of rotatable bonds is 11. The van der Waals surface area contributed by atoms with Crippen LogP contribution < -0.4 is 5.43 Å². The second-order valence-electron chi connectivity index (χ2n) is 4.49. The maximum Gasteiger partial charge on any atom is 0.253 e. The van der Waals surface area contributed by atoms with Crippen LogP contribution in [0.4, 0.5) is 0 Å². The summed E-state index contributed by atoms with van der Waals surface area (Å²) in [5.41, 5.74) is 2.64. The van der Waals surface area contributed by atoms with Crippen LogP contribution in [0.25, 0.3) is 0 Å². The van der Waals surface area contributed by atoms with Gasteiger partial charge in [0.05, 0.1) is 17.6 Å². The maximum atomic E-state index is 11.5. The van der Waals surface area contributed by atoms with Crippen LogP contribution in [0.15, 0.2) is 12.3 Å². The average Bonchev–Trinajstić information content (AvgIpc) is 2.33. The van der Waals surface area contributed by atoms with Gasteiger partial charge in [-0.3, -0.25) is 0 Å². The van der Waals surface area contributed by atoms with Gasteiger partial charge in [0.2, 0.25) is 0 Å². The predicted octanol–water partition coefficient (Wildman–Crippen LogP) is 2.15. The summed E-state index contributed by atoms with van der Waals surface area (Å²) >= 11 is 0. The molecule has 5 heteroatoms. The van der Waals surface area contributed by atoms with Crippen molar-refractivity contribution in [3.8, 4) is 0 Å². The fourth-order valence-electron chi connectivity index (χ4n) is 1.53. The van der Waals surface area contributed by atoms with Gasteiger partial charge in [-0.15, -0.1) is 5.43 Å². The number of ether oxygens (including phenoxy) is 1. The third-order valence-corrected chi connectivity index (χ3v) is 2.69. The fourth-order valence-corrected chi connectivity index (χ4v) is 1.53. The topological polar surface area (TPSA) is 61.6 Å². The largest absolute Gasteiger partial charge is 0.391 e. The first-order valence-corrected chi connectivity index (χ1v) is 6.68. The van der Waals surface area contributed by atoms with Crippen molar-refractivity contribution in [3.05, 3.63) is 17.2 Å². The van der Waals surface area contributed by atoms with Crippen molar-refractivity contribution in [2.75, 3.05) is 13.7 Å². The number of nitrogens with zero attached hydrogens (tertiary/aromatic N) is 1. The highest BCUT2D eigenvalue weighted by Gasteiger charge is 2.20. The number of nitrogens with one attached hydrogen (secondary N) is 1. The molecule has 0 fully saturated rings. The quantitative estimate of drug-likeness (QED) is 0.339. The third-order valence-electron chi connectivity index (χ3n) is 2.69. The zero-order chi connectivity index (χ0) is 13.8. The van der Waals surface area contributed by atoms with Gasteiger partial charge < -0.3 is 9.84 Å². The molecule has 0 bridgehead atoms. The molecular formula is C13H27N2O3+. The van der Waals surface area contributed by atoms with E-state index in [4.69, 9.17) is 4.74 Å². The van der Waals surface area contributed by atoms with Crippen molar-refractivity contribution >= 4 is 0 Å². The lowest BCUT2D eigenvalue weighted by atomic mass is 10.1. The normalized spacial score (nSPS) is 14.7. The van der Waals surface area contributed by atoms with Crippen LogP contribution in [0, 0.1) is 4.91 Å². The highest BCUT2D eigenvalue weighted by atomic mass is 16.5. The van der Waals surface area contributed by atoms with Gasteiger partial charge in [-0.1, -0.05) is 26.2 Å². The Morgan fingerprint density at radius 1 is 1.39 bits per heavy atom. The Hall–Kier alpha value is -0.940. The van der Waals surface area contributed by atoms with Gasteiger partial charge in [-0.2, -0.15) is 0 Å². The molecule has 0 aromatic heterocycles. The Kier molecular flexibility index (Phi) is 10.6. The molecule has 2 atom stereocenters. The zero-order valence-corrected chi connectivity index (χ0v) is 11.8. The van der Waals surface area contributed by atoms with E-state index in [0.29, 0.717) is 11.5 Å². The average molecular weight is 259 g/mol. The van der Waals surface area contributed by atoms with E-state index in [2.05, 4.69) is 12.3 Å². The van der Waals surface area contributed by atoms with E-state index in [1.807, 2.05) is 6.08 Å². The summed E-state index contributed by atoms with van der Waals surface area (Å²) in [6.45, 7) is 4.09. The molecule has 0 saturated heterocycles. The molecule has 0 unspecified atom stereocenters. The minimum Gasteiger partial charge on any atom is -0.391 e. The Balaban J connectivity index is 3.82. The van der Waals surface area contributed by atoms with Crippen LogP contribution in [-0.4, -0.2) is 35.8 Å². The summed E-state index contributed by atoms with van der Waals surface area (Å²) in [6.07, 6.45) is 8.34. The molecule has 0 radical (unpaired) electrons.